The molecule has 0 aliphatic carbocycles. The van der Waals surface area contributed by atoms with Gasteiger partial charge in [0, 0.05) is 6.07 Å². The summed E-state index contributed by atoms with van der Waals surface area (Å²) in [5.74, 6) is -0.699. The van der Waals surface area contributed by atoms with Crippen molar-refractivity contribution in [2.75, 3.05) is 0 Å². The van der Waals surface area contributed by atoms with Crippen LogP contribution in [0.5, 0.6) is 0 Å². The van der Waals surface area contributed by atoms with Gasteiger partial charge in [-0.05, 0) is 25.1 Å². The van der Waals surface area contributed by atoms with Crippen LogP contribution in [0.25, 0.3) is 0 Å². The van der Waals surface area contributed by atoms with Crippen molar-refractivity contribution in [3.05, 3.63) is 51.3 Å². The van der Waals surface area contributed by atoms with Crippen LogP contribution in [0.2, 0.25) is 0 Å². The maximum atomic E-state index is 11.8. The van der Waals surface area contributed by atoms with E-state index in [9.17, 15) is 19.7 Å². The molecule has 0 bridgehead atoms. The van der Waals surface area contributed by atoms with E-state index in [1.54, 1.807) is 12.1 Å². The molecular weight excluding hydrogens is 312 g/mol. The van der Waals surface area contributed by atoms with Crippen LogP contribution in [-0.2, 0) is 16.1 Å². The van der Waals surface area contributed by atoms with Gasteiger partial charge < -0.3 is 14.5 Å². The smallest absolute Gasteiger partial charge is 0.349 e. The number of amides is 1. The molecule has 2 aromatic heterocycles. The van der Waals surface area contributed by atoms with Gasteiger partial charge in [0.25, 0.3) is 5.91 Å². The molecule has 0 aliphatic heterocycles. The first-order valence-electron chi connectivity index (χ1n) is 6.22. The highest BCUT2D eigenvalue weighted by atomic mass is 32.1. The van der Waals surface area contributed by atoms with Crippen LogP contribution < -0.4 is 5.32 Å². The summed E-state index contributed by atoms with van der Waals surface area (Å²) < 4.78 is 10.0. The van der Waals surface area contributed by atoms with Gasteiger partial charge in [-0.25, -0.2) is 4.79 Å². The Morgan fingerprint density at radius 1 is 1.45 bits per heavy atom. The van der Waals surface area contributed by atoms with Crippen molar-refractivity contribution in [2.24, 2.45) is 0 Å². The van der Waals surface area contributed by atoms with Crippen LogP contribution in [0.3, 0.4) is 0 Å². The van der Waals surface area contributed by atoms with E-state index >= 15 is 0 Å². The van der Waals surface area contributed by atoms with E-state index in [0.29, 0.717) is 17.1 Å². The summed E-state index contributed by atoms with van der Waals surface area (Å²) in [6, 6.07) is 5.89. The van der Waals surface area contributed by atoms with Gasteiger partial charge >= 0.3 is 11.0 Å². The van der Waals surface area contributed by atoms with Crippen LogP contribution in [-0.4, -0.2) is 22.9 Å². The monoisotopic (exact) mass is 324 g/mol. The first-order chi connectivity index (χ1) is 10.5. The molecule has 1 atom stereocenters. The van der Waals surface area contributed by atoms with Crippen molar-refractivity contribution in [2.45, 2.75) is 19.6 Å². The molecule has 2 rings (SSSR count). The molecule has 1 amide bonds. The lowest BCUT2D eigenvalue weighted by molar-refractivity contribution is -0.380. The molecule has 8 nitrogen and oxygen atoms in total. The van der Waals surface area contributed by atoms with Gasteiger partial charge in [0.05, 0.1) is 17.7 Å². The molecule has 2 heterocycles. The van der Waals surface area contributed by atoms with E-state index in [4.69, 9.17) is 9.15 Å². The molecule has 0 radical (unpaired) electrons. The predicted octanol–water partition coefficient (Wildman–Crippen LogP) is 2.11. The Kier molecular flexibility index (Phi) is 4.89. The zero-order valence-corrected chi connectivity index (χ0v) is 12.3. The van der Waals surface area contributed by atoms with Gasteiger partial charge in [0.2, 0.25) is 0 Å². The van der Waals surface area contributed by atoms with Gasteiger partial charge in [-0.3, -0.25) is 14.9 Å². The average molecular weight is 324 g/mol. The topological polar surface area (TPSA) is 112 Å². The van der Waals surface area contributed by atoms with E-state index in [1.165, 1.54) is 25.3 Å². The van der Waals surface area contributed by atoms with E-state index in [0.717, 1.165) is 0 Å². The van der Waals surface area contributed by atoms with E-state index in [-0.39, 0.29) is 16.4 Å². The van der Waals surface area contributed by atoms with E-state index in [2.05, 4.69) is 5.32 Å². The molecule has 1 unspecified atom stereocenters. The van der Waals surface area contributed by atoms with Crippen LogP contribution in [0, 0.1) is 10.1 Å². The molecule has 22 heavy (non-hydrogen) atoms. The number of thiophene rings is 1. The maximum absolute atomic E-state index is 11.8. The fourth-order valence-electron chi connectivity index (χ4n) is 1.54. The van der Waals surface area contributed by atoms with Crippen molar-refractivity contribution in [3.63, 3.8) is 0 Å². The third kappa shape index (κ3) is 3.92. The zero-order valence-electron chi connectivity index (χ0n) is 11.5. The van der Waals surface area contributed by atoms with E-state index in [1.807, 2.05) is 0 Å². The molecule has 0 spiro atoms. The summed E-state index contributed by atoms with van der Waals surface area (Å²) in [5, 5.41) is 12.9. The van der Waals surface area contributed by atoms with Gasteiger partial charge in [-0.1, -0.05) is 11.3 Å². The second-order valence-corrected chi connectivity index (χ2v) is 5.30. The third-order valence-corrected chi connectivity index (χ3v) is 3.66. The first kappa shape index (κ1) is 15.7. The number of nitrogens with one attached hydrogen (secondary N) is 1. The van der Waals surface area contributed by atoms with Crippen molar-refractivity contribution in [1.82, 2.24) is 5.32 Å². The highest BCUT2D eigenvalue weighted by molar-refractivity contribution is 7.17. The summed E-state index contributed by atoms with van der Waals surface area (Å²) >= 11 is 0.694. The number of hydrogen-bond acceptors (Lipinski definition) is 7. The summed E-state index contributed by atoms with van der Waals surface area (Å²) in [5.41, 5.74) is 0. The molecule has 0 saturated heterocycles. The Balaban J connectivity index is 1.86. The Morgan fingerprint density at radius 3 is 2.82 bits per heavy atom. The molecule has 0 aromatic carbocycles. The van der Waals surface area contributed by atoms with Gasteiger partial charge in [0.1, 0.15) is 10.6 Å². The first-order valence-corrected chi connectivity index (χ1v) is 7.04. The number of nitrogens with zero attached hydrogens (tertiary/aromatic N) is 1. The van der Waals surface area contributed by atoms with Crippen molar-refractivity contribution in [1.29, 1.82) is 0 Å². The Hall–Kier alpha value is -2.68. The standard InChI is InChI=1S/C13H12N2O6S/c1-8(12(16)14-7-9-3-2-6-20-9)21-13(17)10-4-5-11(22-10)15(18)19/h2-6,8H,7H2,1H3,(H,14,16). The highest BCUT2D eigenvalue weighted by Gasteiger charge is 2.22. The fraction of sp³-hybridized carbons (Fsp3) is 0.231. The number of rotatable bonds is 6. The number of hydrogen-bond donors (Lipinski definition) is 1. The number of ether oxygens (including phenoxy) is 1. The Labute approximate surface area is 128 Å². The average Bonchev–Trinajstić information content (AvgIpc) is 3.15. The second kappa shape index (κ2) is 6.85. The number of carbonyl (C=O) groups excluding carboxylic acids is 2. The summed E-state index contributed by atoms with van der Waals surface area (Å²) in [4.78, 5) is 33.6. The lowest BCUT2D eigenvalue weighted by atomic mass is 10.3. The van der Waals surface area contributed by atoms with Gasteiger partial charge in [-0.2, -0.15) is 0 Å². The minimum absolute atomic E-state index is 0.0670. The van der Waals surface area contributed by atoms with Crippen molar-refractivity contribution < 1.29 is 23.7 Å². The summed E-state index contributed by atoms with van der Waals surface area (Å²) in [7, 11) is 0. The molecule has 0 aliphatic rings. The molecule has 116 valence electrons. The zero-order chi connectivity index (χ0) is 16.1. The lowest BCUT2D eigenvalue weighted by Crippen LogP contribution is -2.35. The van der Waals surface area contributed by atoms with Crippen molar-refractivity contribution >= 4 is 28.2 Å². The third-order valence-electron chi connectivity index (χ3n) is 2.64. The minimum Gasteiger partial charge on any atom is -0.467 e. The number of esters is 1. The van der Waals surface area contributed by atoms with Crippen LogP contribution in [0.1, 0.15) is 22.4 Å². The van der Waals surface area contributed by atoms with E-state index < -0.39 is 22.9 Å². The van der Waals surface area contributed by atoms with Gasteiger partial charge in [0.15, 0.2) is 6.10 Å². The molecular formula is C13H12N2O6S. The maximum Gasteiger partial charge on any atom is 0.349 e. The van der Waals surface area contributed by atoms with Crippen LogP contribution in [0.4, 0.5) is 5.00 Å². The largest absolute Gasteiger partial charge is 0.467 e. The molecule has 1 N–H and O–H groups in total. The number of furan rings is 1. The highest BCUT2D eigenvalue weighted by Crippen LogP contribution is 2.24. The lowest BCUT2D eigenvalue weighted by Gasteiger charge is -2.12. The minimum atomic E-state index is -1.02. The number of nitro groups is 1. The molecule has 9 heteroatoms. The van der Waals surface area contributed by atoms with Gasteiger partial charge in [-0.15, -0.1) is 0 Å². The fourth-order valence-corrected chi connectivity index (χ4v) is 2.24. The molecule has 0 saturated carbocycles. The number of carbonyl (C=O) groups is 2. The second-order valence-electron chi connectivity index (χ2n) is 4.24. The van der Waals surface area contributed by atoms with Crippen LogP contribution >= 0.6 is 11.3 Å². The SMILES string of the molecule is CC(OC(=O)c1ccc([N+](=O)[O-])s1)C(=O)NCc1ccco1. The predicted molar refractivity (Wildman–Crippen MR) is 76.4 cm³/mol. The van der Waals surface area contributed by atoms with Crippen molar-refractivity contribution in [3.8, 4) is 0 Å². The Bertz CT molecular complexity index is 679. The summed E-state index contributed by atoms with van der Waals surface area (Å²) in [6.45, 7) is 1.59. The van der Waals surface area contributed by atoms with Crippen LogP contribution in [0.15, 0.2) is 34.9 Å². The molecule has 0 fully saturated rings. The normalized spacial score (nSPS) is 11.7. The Morgan fingerprint density at radius 2 is 2.23 bits per heavy atom. The molecule has 2 aromatic rings. The quantitative estimate of drug-likeness (QED) is 0.495. The summed E-state index contributed by atoms with van der Waals surface area (Å²) in [6.07, 6.45) is 0.456.